The summed E-state index contributed by atoms with van der Waals surface area (Å²) in [6.07, 6.45) is 4.39. The number of imidazole rings is 1. The van der Waals surface area contributed by atoms with E-state index in [-0.39, 0.29) is 12.4 Å². The first-order valence-corrected chi connectivity index (χ1v) is 15.1. The molecular formula is C37H49ClN4. The first-order chi connectivity index (χ1) is 19.4. The van der Waals surface area contributed by atoms with Gasteiger partial charge in [0.15, 0.2) is 0 Å². The zero-order valence-corrected chi connectivity index (χ0v) is 28.2. The molecule has 0 saturated heterocycles. The summed E-state index contributed by atoms with van der Waals surface area (Å²) in [5.41, 5.74) is 11.9. The van der Waals surface area contributed by atoms with Crippen LogP contribution in [0.4, 0.5) is 5.69 Å². The molecule has 42 heavy (non-hydrogen) atoms. The molecule has 0 aliphatic carbocycles. The van der Waals surface area contributed by atoms with Crippen LogP contribution in [0.1, 0.15) is 119 Å². The second-order valence-electron chi connectivity index (χ2n) is 12.5. The normalized spacial score (nSPS) is 12.0. The second-order valence-corrected chi connectivity index (χ2v) is 12.5. The second kappa shape index (κ2) is 13.7. The number of halogens is 1. The molecule has 0 N–H and O–H groups in total. The van der Waals surface area contributed by atoms with Crippen molar-refractivity contribution in [2.45, 2.75) is 99.8 Å². The number of hydrogen-bond donors (Lipinski definition) is 0. The Morgan fingerprint density at radius 3 is 1.24 bits per heavy atom. The fraction of sp³-hybridized carbons (Fsp3) is 0.405. The Hall–Kier alpha value is -3.37. The third-order valence-corrected chi connectivity index (χ3v) is 7.94. The molecule has 0 fully saturated rings. The van der Waals surface area contributed by atoms with Crippen molar-refractivity contribution < 1.29 is 0 Å². The lowest BCUT2D eigenvalue weighted by Crippen LogP contribution is -2.28. The Kier molecular flexibility index (Phi) is 10.8. The van der Waals surface area contributed by atoms with Gasteiger partial charge in [-0.2, -0.15) is 4.99 Å². The average molecular weight is 585 g/mol. The number of aliphatic imine (C=N–C) groups is 1. The number of hydrogen-bond acceptors (Lipinski definition) is 1. The van der Waals surface area contributed by atoms with E-state index in [2.05, 4.69) is 145 Å². The van der Waals surface area contributed by atoms with E-state index in [1.165, 1.54) is 33.6 Å². The van der Waals surface area contributed by atoms with Crippen molar-refractivity contribution in [3.63, 3.8) is 0 Å². The summed E-state index contributed by atoms with van der Waals surface area (Å²) in [6.45, 7) is 24.4. The average Bonchev–Trinajstić information content (AvgIpc) is 3.32. The summed E-state index contributed by atoms with van der Waals surface area (Å²) in [5, 5.41) is 0. The van der Waals surface area contributed by atoms with Crippen LogP contribution in [0.3, 0.4) is 0 Å². The monoisotopic (exact) mass is 584 g/mol. The van der Waals surface area contributed by atoms with Gasteiger partial charge in [0.1, 0.15) is 5.84 Å². The van der Waals surface area contributed by atoms with Gasteiger partial charge in [0.2, 0.25) is 5.62 Å². The first-order valence-electron chi connectivity index (χ1n) is 15.1. The van der Waals surface area contributed by atoms with Gasteiger partial charge in [0.05, 0.1) is 17.1 Å². The van der Waals surface area contributed by atoms with Gasteiger partial charge in [-0.15, -0.1) is 12.4 Å². The number of nitrogens with zero attached hydrogens (tertiary/aromatic N) is 4. The lowest BCUT2D eigenvalue weighted by Gasteiger charge is -2.22. The quantitative estimate of drug-likeness (QED) is 0.153. The number of aromatic nitrogens is 2. The van der Waals surface area contributed by atoms with Crippen LogP contribution >= 0.6 is 12.4 Å². The van der Waals surface area contributed by atoms with Crippen molar-refractivity contribution in [1.29, 1.82) is 0 Å². The standard InChI is InChI=1S/C37H48N4.ClH/c1-23(2)30-17-13-18-31(24(3)4)35(30)40-21-22-41(36-32(25(5)6)19-14-20-33(36)26(7)8)37(40)39-29(11)38-34-27(9)15-12-16-28(34)10;/h12-26H,1-11H3;1H/b38-29+;. The summed E-state index contributed by atoms with van der Waals surface area (Å²) in [5.74, 6) is 2.20. The third kappa shape index (κ3) is 6.65. The number of rotatable bonds is 7. The molecule has 0 saturated carbocycles. The van der Waals surface area contributed by atoms with Gasteiger partial charge < -0.3 is 0 Å². The number of benzene rings is 3. The predicted molar refractivity (Wildman–Crippen MR) is 183 cm³/mol. The highest BCUT2D eigenvalue weighted by Crippen LogP contribution is 2.33. The van der Waals surface area contributed by atoms with Crippen LogP contribution in [-0.2, 0) is 0 Å². The van der Waals surface area contributed by atoms with Crippen LogP contribution in [0, 0.1) is 13.8 Å². The lowest BCUT2D eigenvalue weighted by atomic mass is 9.92. The molecule has 0 amide bonds. The number of amidine groups is 1. The Morgan fingerprint density at radius 1 is 0.571 bits per heavy atom. The maximum Gasteiger partial charge on any atom is 0.220 e. The van der Waals surface area contributed by atoms with Gasteiger partial charge in [-0.1, -0.05) is 110 Å². The van der Waals surface area contributed by atoms with Crippen LogP contribution in [0.2, 0.25) is 0 Å². The van der Waals surface area contributed by atoms with Crippen LogP contribution in [0.15, 0.2) is 77.0 Å². The Bertz CT molecular complexity index is 1470. The van der Waals surface area contributed by atoms with Crippen LogP contribution in [0.25, 0.3) is 11.4 Å². The summed E-state index contributed by atoms with van der Waals surface area (Å²) in [6, 6.07) is 19.8. The van der Waals surface area contributed by atoms with Crippen LogP contribution < -0.4 is 5.62 Å². The summed E-state index contributed by atoms with van der Waals surface area (Å²) >= 11 is 0. The van der Waals surface area contributed by atoms with Gasteiger partial charge in [-0.3, -0.25) is 9.13 Å². The van der Waals surface area contributed by atoms with E-state index < -0.39 is 0 Å². The fourth-order valence-electron chi connectivity index (χ4n) is 5.73. The highest BCUT2D eigenvalue weighted by atomic mass is 35.5. The molecule has 4 aromatic rings. The van der Waals surface area contributed by atoms with Crippen molar-refractivity contribution in [3.8, 4) is 11.4 Å². The van der Waals surface area contributed by atoms with E-state index in [1.54, 1.807) is 0 Å². The Balaban J connectivity index is 0.00000484. The SMILES string of the molecule is C/C(N=c1n(-c2c(C(C)C)cccc2C(C)C)ccn1-c1c(C(C)C)cccc1C(C)C)=N\c1c(C)cccc1C.Cl. The predicted octanol–water partition coefficient (Wildman–Crippen LogP) is 10.5. The molecule has 4 nitrogen and oxygen atoms in total. The van der Waals surface area contributed by atoms with Gasteiger partial charge in [0.25, 0.3) is 0 Å². The van der Waals surface area contributed by atoms with Crippen LogP contribution in [0.5, 0.6) is 0 Å². The molecule has 224 valence electrons. The van der Waals surface area contributed by atoms with Crippen molar-refractivity contribution in [1.82, 2.24) is 9.13 Å². The first kappa shape index (κ1) is 33.1. The molecule has 1 aromatic heterocycles. The van der Waals surface area contributed by atoms with Gasteiger partial charge >= 0.3 is 0 Å². The molecule has 0 radical (unpaired) electrons. The zero-order chi connectivity index (χ0) is 30.0. The summed E-state index contributed by atoms with van der Waals surface area (Å²) in [4.78, 5) is 10.4. The van der Waals surface area contributed by atoms with Crippen molar-refractivity contribution in [2.75, 3.05) is 0 Å². The summed E-state index contributed by atoms with van der Waals surface area (Å²) < 4.78 is 4.60. The molecule has 4 rings (SSSR count). The Morgan fingerprint density at radius 2 is 0.905 bits per heavy atom. The smallest absolute Gasteiger partial charge is 0.220 e. The highest BCUT2D eigenvalue weighted by molar-refractivity contribution is 5.85. The van der Waals surface area contributed by atoms with Gasteiger partial charge in [-0.25, -0.2) is 4.99 Å². The molecule has 0 aliphatic rings. The van der Waals surface area contributed by atoms with Crippen LogP contribution in [-0.4, -0.2) is 15.0 Å². The lowest BCUT2D eigenvalue weighted by molar-refractivity contribution is 0.763. The van der Waals surface area contributed by atoms with E-state index in [4.69, 9.17) is 9.98 Å². The minimum absolute atomic E-state index is 0. The van der Waals surface area contributed by atoms with E-state index in [9.17, 15) is 0 Å². The van der Waals surface area contributed by atoms with Crippen molar-refractivity contribution >= 4 is 23.9 Å². The van der Waals surface area contributed by atoms with E-state index in [1.807, 2.05) is 6.92 Å². The molecule has 0 aliphatic heterocycles. The Labute approximate surface area is 259 Å². The molecule has 0 spiro atoms. The maximum absolute atomic E-state index is 5.33. The molecule has 0 bridgehead atoms. The molecule has 1 heterocycles. The van der Waals surface area contributed by atoms with Crippen molar-refractivity contribution in [2.24, 2.45) is 9.98 Å². The highest BCUT2D eigenvalue weighted by Gasteiger charge is 2.21. The van der Waals surface area contributed by atoms with Gasteiger partial charge in [-0.05, 0) is 77.8 Å². The maximum atomic E-state index is 5.33. The molecule has 3 aromatic carbocycles. The topological polar surface area (TPSA) is 34.6 Å². The number of aryl methyl sites for hydroxylation is 2. The molecule has 5 heteroatoms. The van der Waals surface area contributed by atoms with E-state index in [0.29, 0.717) is 23.7 Å². The molecular weight excluding hydrogens is 536 g/mol. The number of para-hydroxylation sites is 3. The largest absolute Gasteiger partial charge is 0.285 e. The minimum atomic E-state index is 0. The third-order valence-electron chi connectivity index (χ3n) is 7.94. The zero-order valence-electron chi connectivity index (χ0n) is 27.4. The minimum Gasteiger partial charge on any atom is -0.285 e. The molecule has 0 atom stereocenters. The molecule has 0 unspecified atom stereocenters. The van der Waals surface area contributed by atoms with Crippen molar-refractivity contribution in [3.05, 3.63) is 106 Å². The van der Waals surface area contributed by atoms with Gasteiger partial charge in [0, 0.05) is 12.4 Å². The van der Waals surface area contributed by atoms with E-state index >= 15 is 0 Å². The summed E-state index contributed by atoms with van der Waals surface area (Å²) in [7, 11) is 0. The van der Waals surface area contributed by atoms with E-state index in [0.717, 1.165) is 28.3 Å². The fourth-order valence-corrected chi connectivity index (χ4v) is 5.73.